The Balaban J connectivity index is 1.40. The van der Waals surface area contributed by atoms with Gasteiger partial charge in [-0.1, -0.05) is 0 Å². The van der Waals surface area contributed by atoms with Crippen molar-refractivity contribution in [3.8, 4) is 0 Å². The number of aliphatic hydroxyl groups excluding tert-OH is 1. The fraction of sp³-hybridized carbons (Fsp3) is 0.476. The third-order valence-electron chi connectivity index (χ3n) is 5.88. The van der Waals surface area contributed by atoms with Crippen LogP contribution in [0.25, 0.3) is 15.8 Å². The molecule has 0 atom stereocenters. The average molecular weight is 542 g/mol. The van der Waals surface area contributed by atoms with Crippen LogP contribution >= 0.6 is 11.3 Å². The van der Waals surface area contributed by atoms with Gasteiger partial charge in [-0.3, -0.25) is 4.79 Å². The fourth-order valence-electron chi connectivity index (χ4n) is 4.16. The summed E-state index contributed by atoms with van der Waals surface area (Å²) in [5, 5.41) is 9.07. The van der Waals surface area contributed by atoms with Crippen molar-refractivity contribution >= 4 is 61.8 Å². The van der Waals surface area contributed by atoms with E-state index in [1.165, 1.54) is 10.5 Å². The normalized spacial score (nSPS) is 19.7. The third-order valence-corrected chi connectivity index (χ3v) is 9.74. The number of amides is 1. The zero-order chi connectivity index (χ0) is 21.2. The molecular weight excluding hydrogens is 517 g/mol. The molecule has 0 aliphatic carbocycles. The van der Waals surface area contributed by atoms with Gasteiger partial charge in [-0.05, 0) is 0 Å². The van der Waals surface area contributed by atoms with Gasteiger partial charge in [0.2, 0.25) is 5.91 Å². The first-order chi connectivity index (χ1) is 15.2. The molecule has 0 unspecified atom stereocenters. The second-order valence-electron chi connectivity index (χ2n) is 7.89. The summed E-state index contributed by atoms with van der Waals surface area (Å²) >= 11 is 1.07. The maximum atomic E-state index is 11.7. The van der Waals surface area contributed by atoms with E-state index in [0.29, 0.717) is 13.1 Å². The number of thiophene rings is 1. The van der Waals surface area contributed by atoms with Crippen molar-refractivity contribution in [3.63, 3.8) is 0 Å². The molecular formula is C21H25InN5O3S. The molecule has 31 heavy (non-hydrogen) atoms. The number of morpholine rings is 1. The molecule has 0 aromatic carbocycles. The van der Waals surface area contributed by atoms with E-state index in [2.05, 4.69) is 29.6 Å². The van der Waals surface area contributed by atoms with Gasteiger partial charge in [0.15, 0.2) is 0 Å². The first-order valence-corrected chi connectivity index (χ1v) is 15.3. The summed E-state index contributed by atoms with van der Waals surface area (Å²) in [5.74, 6) is 1.69. The molecule has 3 aliphatic rings. The van der Waals surface area contributed by atoms with Gasteiger partial charge in [-0.15, -0.1) is 0 Å². The predicted molar refractivity (Wildman–Crippen MR) is 122 cm³/mol. The first-order valence-electron chi connectivity index (χ1n) is 10.7. The molecule has 1 N–H and O–H groups in total. The number of carbonyl (C=O) groups is 1. The molecule has 0 saturated carbocycles. The molecule has 2 fully saturated rings. The molecule has 5 rings (SSSR count). The van der Waals surface area contributed by atoms with Crippen LogP contribution in [0.2, 0.25) is 0 Å². The quantitative estimate of drug-likeness (QED) is 0.597. The van der Waals surface area contributed by atoms with Crippen LogP contribution in [0, 0.1) is 0 Å². The zero-order valence-electron chi connectivity index (χ0n) is 17.4. The fourth-order valence-corrected chi connectivity index (χ4v) is 7.88. The number of hydrogen-bond acceptors (Lipinski definition) is 8. The van der Waals surface area contributed by atoms with Crippen LogP contribution < -0.4 is 4.90 Å². The Morgan fingerprint density at radius 3 is 2.68 bits per heavy atom. The number of rotatable bonds is 5. The summed E-state index contributed by atoms with van der Waals surface area (Å²) in [4.78, 5) is 29.3. The van der Waals surface area contributed by atoms with E-state index in [1.54, 1.807) is 16.2 Å². The van der Waals surface area contributed by atoms with Crippen molar-refractivity contribution < 1.29 is 14.6 Å². The van der Waals surface area contributed by atoms with Crippen LogP contribution in [0.15, 0.2) is 19.8 Å². The van der Waals surface area contributed by atoms with Crippen LogP contribution in [0.5, 0.6) is 0 Å². The second-order valence-corrected chi connectivity index (χ2v) is 12.2. The molecule has 10 heteroatoms. The van der Waals surface area contributed by atoms with Crippen molar-refractivity contribution in [3.05, 3.63) is 30.5 Å². The van der Waals surface area contributed by atoms with Crippen molar-refractivity contribution in [2.24, 2.45) is 0 Å². The maximum absolute atomic E-state index is 11.7. The number of piperazine rings is 1. The topological polar surface area (TPSA) is 82.0 Å². The number of carbonyl (C=O) groups excluding carboxylic acids is 1. The van der Waals surface area contributed by atoms with Gasteiger partial charge in [0, 0.05) is 0 Å². The minimum atomic E-state index is -0.704. The van der Waals surface area contributed by atoms with Crippen LogP contribution in [-0.4, -0.2) is 113 Å². The van der Waals surface area contributed by atoms with Gasteiger partial charge in [-0.25, -0.2) is 0 Å². The SMILES string of the molecule is O=C(CO)N1CCN(Cc2cc3nc(C4=[CH][In][CH]=C4)nc(N4CCOCC4)c3s2)CC1. The molecule has 2 aromatic heterocycles. The van der Waals surface area contributed by atoms with Crippen LogP contribution in [-0.2, 0) is 16.1 Å². The second kappa shape index (κ2) is 9.58. The number of ether oxygens (including phenoxy) is 1. The van der Waals surface area contributed by atoms with Gasteiger partial charge in [0.25, 0.3) is 0 Å². The van der Waals surface area contributed by atoms with Gasteiger partial charge in [-0.2, -0.15) is 0 Å². The van der Waals surface area contributed by atoms with E-state index < -0.39 is 29.5 Å². The standard InChI is InChI=1S/C21H25N5O3S.In/c1-3-15(2)20-22-17-12-16(13-24-4-6-25(7-5-24)18(28)14-27)30-19(17)21(23-20)26-8-10-29-11-9-26;/h1-3,12,27H,4-11,13-14H2;. The van der Waals surface area contributed by atoms with E-state index >= 15 is 0 Å². The minimum absolute atomic E-state index is 0.182. The summed E-state index contributed by atoms with van der Waals surface area (Å²) in [6, 6.07) is 2.21. The van der Waals surface area contributed by atoms with E-state index in [-0.39, 0.29) is 5.91 Å². The van der Waals surface area contributed by atoms with E-state index in [1.807, 2.05) is 0 Å². The number of nitrogens with zero attached hydrogens (tertiary/aromatic N) is 5. The molecule has 8 nitrogen and oxygen atoms in total. The Labute approximate surface area is 196 Å². The van der Waals surface area contributed by atoms with Crippen LogP contribution in [0.1, 0.15) is 10.7 Å². The van der Waals surface area contributed by atoms with Crippen molar-refractivity contribution in [2.45, 2.75) is 6.54 Å². The van der Waals surface area contributed by atoms with Gasteiger partial charge in [0.05, 0.1) is 0 Å². The summed E-state index contributed by atoms with van der Waals surface area (Å²) in [6.45, 7) is 6.57. The molecule has 1 amide bonds. The summed E-state index contributed by atoms with van der Waals surface area (Å²) < 4.78 is 11.4. The third kappa shape index (κ3) is 4.68. The molecule has 0 spiro atoms. The Hall–Kier alpha value is -1.46. The number of anilines is 1. The number of fused-ring (bicyclic) bond motifs is 1. The van der Waals surface area contributed by atoms with Gasteiger partial charge in [0.1, 0.15) is 6.61 Å². The van der Waals surface area contributed by atoms with Gasteiger partial charge < -0.3 is 5.11 Å². The Kier molecular flexibility index (Phi) is 6.61. The van der Waals surface area contributed by atoms with Crippen molar-refractivity contribution in [2.75, 3.05) is 64.0 Å². The van der Waals surface area contributed by atoms with E-state index in [4.69, 9.17) is 19.8 Å². The average Bonchev–Trinajstić information content (AvgIpc) is 3.49. The predicted octanol–water partition coefficient (Wildman–Crippen LogP) is 0.737. The number of aromatic nitrogens is 2. The Bertz CT molecular complexity index is 1030. The Morgan fingerprint density at radius 2 is 1.97 bits per heavy atom. The molecule has 0 bridgehead atoms. The number of hydrogen-bond donors (Lipinski definition) is 1. The summed E-state index contributed by atoms with van der Waals surface area (Å²) in [6.07, 6.45) is 2.19. The molecule has 3 aliphatic heterocycles. The molecule has 2 saturated heterocycles. The molecule has 161 valence electrons. The number of allylic oxidation sites excluding steroid dienone is 2. The van der Waals surface area contributed by atoms with Crippen LogP contribution in [0.3, 0.4) is 0 Å². The van der Waals surface area contributed by atoms with E-state index in [0.717, 1.165) is 67.8 Å². The molecule has 5 heterocycles. The monoisotopic (exact) mass is 542 g/mol. The number of aliphatic hydroxyl groups is 1. The zero-order valence-corrected chi connectivity index (χ0v) is 21.5. The summed E-state index contributed by atoms with van der Waals surface area (Å²) in [7, 11) is 0. The molecule has 1 radical (unpaired) electrons. The van der Waals surface area contributed by atoms with Crippen molar-refractivity contribution in [1.82, 2.24) is 19.8 Å². The summed E-state index contributed by atoms with van der Waals surface area (Å²) in [5.41, 5.74) is 2.20. The molecule has 2 aromatic rings. The first kappa shape index (κ1) is 21.4. The van der Waals surface area contributed by atoms with E-state index in [9.17, 15) is 4.79 Å². The van der Waals surface area contributed by atoms with Gasteiger partial charge >= 0.3 is 175 Å². The van der Waals surface area contributed by atoms with Crippen molar-refractivity contribution in [1.29, 1.82) is 0 Å². The Morgan fingerprint density at radius 1 is 1.16 bits per heavy atom. The van der Waals surface area contributed by atoms with Crippen LogP contribution in [0.4, 0.5) is 5.82 Å².